The molecule has 1 aromatic carbocycles. The van der Waals surface area contributed by atoms with Crippen molar-refractivity contribution in [3.05, 3.63) is 65.2 Å². The van der Waals surface area contributed by atoms with Crippen molar-refractivity contribution < 1.29 is 0 Å². The molecular weight excluding hydrogens is 366 g/mol. The predicted molar refractivity (Wildman–Crippen MR) is 107 cm³/mol. The Morgan fingerprint density at radius 3 is 2.42 bits per heavy atom. The Morgan fingerprint density at radius 1 is 1.08 bits per heavy atom. The monoisotopic (exact) mass is 387 g/mol. The minimum Gasteiger partial charge on any atom is -0.300 e. The minimum absolute atomic E-state index is 0.126. The predicted octanol–water partition coefficient (Wildman–Crippen LogP) is 4.79. The summed E-state index contributed by atoms with van der Waals surface area (Å²) in [6.07, 6.45) is 3.68. The van der Waals surface area contributed by atoms with Crippen molar-refractivity contribution >= 4 is 23.4 Å². The molecule has 0 amide bonds. The molecule has 0 saturated carbocycles. The highest BCUT2D eigenvalue weighted by Crippen LogP contribution is 2.36. The second kappa shape index (κ2) is 8.20. The second-order valence-corrected chi connectivity index (χ2v) is 8.08. The van der Waals surface area contributed by atoms with Crippen LogP contribution in [0.25, 0.3) is 5.69 Å². The second-order valence-electron chi connectivity index (χ2n) is 6.34. The molecule has 26 heavy (non-hydrogen) atoms. The van der Waals surface area contributed by atoms with Crippen LogP contribution in [0.1, 0.15) is 36.5 Å². The van der Waals surface area contributed by atoms with Gasteiger partial charge in [0.1, 0.15) is 0 Å². The van der Waals surface area contributed by atoms with Gasteiger partial charge in [0.05, 0.1) is 6.04 Å². The highest BCUT2D eigenvalue weighted by atomic mass is 35.5. The third-order valence-corrected chi connectivity index (χ3v) is 5.68. The summed E-state index contributed by atoms with van der Waals surface area (Å²) in [7, 11) is 4.08. The average Bonchev–Trinajstić information content (AvgIpc) is 3.05. The van der Waals surface area contributed by atoms with Crippen LogP contribution in [0.15, 0.2) is 53.9 Å². The fraction of sp³-hybridized carbons (Fsp3) is 0.316. The Balaban J connectivity index is 2.01. The smallest absolute Gasteiger partial charge is 0.196 e. The van der Waals surface area contributed by atoms with Gasteiger partial charge < -0.3 is 0 Å². The van der Waals surface area contributed by atoms with Crippen LogP contribution in [0.5, 0.6) is 0 Å². The quantitative estimate of drug-likeness (QED) is 0.569. The van der Waals surface area contributed by atoms with Crippen LogP contribution >= 0.6 is 23.4 Å². The van der Waals surface area contributed by atoms with Gasteiger partial charge in [-0.3, -0.25) is 14.5 Å². The van der Waals surface area contributed by atoms with Gasteiger partial charge in [0.25, 0.3) is 0 Å². The van der Waals surface area contributed by atoms with E-state index in [2.05, 4.69) is 44.6 Å². The van der Waals surface area contributed by atoms with E-state index in [1.54, 1.807) is 18.0 Å². The van der Waals surface area contributed by atoms with Gasteiger partial charge in [0.15, 0.2) is 11.0 Å². The van der Waals surface area contributed by atoms with Crippen LogP contribution in [0.3, 0.4) is 0 Å². The fourth-order valence-corrected chi connectivity index (χ4v) is 3.64. The maximum Gasteiger partial charge on any atom is 0.196 e. The summed E-state index contributed by atoms with van der Waals surface area (Å²) in [5.74, 6) is 0.901. The maximum atomic E-state index is 6.07. The number of hydrogen-bond acceptors (Lipinski definition) is 5. The number of benzene rings is 1. The Hall–Kier alpha value is -1.89. The Kier molecular flexibility index (Phi) is 5.96. The lowest BCUT2D eigenvalue weighted by atomic mass is 10.2. The molecule has 5 nitrogen and oxygen atoms in total. The van der Waals surface area contributed by atoms with E-state index in [0.717, 1.165) is 22.2 Å². The topological polar surface area (TPSA) is 46.8 Å². The molecule has 2 aromatic heterocycles. The number of aromatic nitrogens is 4. The summed E-state index contributed by atoms with van der Waals surface area (Å²) in [6.45, 7) is 4.27. The fourth-order valence-electron chi connectivity index (χ4n) is 2.53. The van der Waals surface area contributed by atoms with Crippen molar-refractivity contribution in [2.24, 2.45) is 0 Å². The third-order valence-electron chi connectivity index (χ3n) is 4.33. The van der Waals surface area contributed by atoms with Gasteiger partial charge >= 0.3 is 0 Å². The van der Waals surface area contributed by atoms with Crippen LogP contribution in [-0.4, -0.2) is 38.7 Å². The molecular formula is C19H22ClN5S. The molecule has 3 aromatic rings. The molecule has 0 unspecified atom stereocenters. The van der Waals surface area contributed by atoms with Crippen LogP contribution in [0, 0.1) is 0 Å². The van der Waals surface area contributed by atoms with Crippen LogP contribution in [0.2, 0.25) is 5.02 Å². The van der Waals surface area contributed by atoms with Gasteiger partial charge in [-0.05, 0) is 63.8 Å². The zero-order valence-corrected chi connectivity index (χ0v) is 16.9. The van der Waals surface area contributed by atoms with E-state index >= 15 is 0 Å². The molecule has 0 aliphatic rings. The summed E-state index contributed by atoms with van der Waals surface area (Å²) >= 11 is 7.74. The minimum atomic E-state index is 0.126. The number of nitrogens with zero attached hydrogens (tertiary/aromatic N) is 5. The van der Waals surface area contributed by atoms with Crippen molar-refractivity contribution in [1.29, 1.82) is 0 Å². The van der Waals surface area contributed by atoms with Crippen molar-refractivity contribution in [1.82, 2.24) is 24.6 Å². The van der Waals surface area contributed by atoms with Gasteiger partial charge in [-0.15, -0.1) is 10.2 Å². The van der Waals surface area contributed by atoms with Crippen molar-refractivity contribution in [2.75, 3.05) is 14.1 Å². The maximum absolute atomic E-state index is 6.07. The summed E-state index contributed by atoms with van der Waals surface area (Å²) in [5, 5.41) is 10.7. The van der Waals surface area contributed by atoms with Gasteiger partial charge in [-0.1, -0.05) is 29.4 Å². The van der Waals surface area contributed by atoms with Gasteiger partial charge in [-0.2, -0.15) is 0 Å². The molecule has 0 radical (unpaired) electrons. The Morgan fingerprint density at radius 2 is 1.81 bits per heavy atom. The zero-order valence-electron chi connectivity index (χ0n) is 15.3. The number of pyridine rings is 1. The largest absolute Gasteiger partial charge is 0.300 e. The SMILES string of the molecule is C[C@@H](Sc1nnc([C@H](C)N(C)C)n1-c1ccc(Cl)cc1)c1cccnc1. The Labute approximate surface area is 163 Å². The first-order valence-corrected chi connectivity index (χ1v) is 9.67. The number of rotatable bonds is 6. The highest BCUT2D eigenvalue weighted by Gasteiger charge is 2.22. The first kappa shape index (κ1) is 18.9. The van der Waals surface area contributed by atoms with Gasteiger partial charge in [0, 0.05) is 28.4 Å². The van der Waals surface area contributed by atoms with E-state index in [0.29, 0.717) is 5.02 Å². The normalized spacial score (nSPS) is 13.8. The summed E-state index contributed by atoms with van der Waals surface area (Å²) < 4.78 is 2.11. The van der Waals surface area contributed by atoms with Crippen LogP contribution in [-0.2, 0) is 0 Å². The lowest BCUT2D eigenvalue weighted by Crippen LogP contribution is -2.20. The molecule has 0 aliphatic heterocycles. The molecule has 3 rings (SSSR count). The molecule has 2 atom stereocenters. The van der Waals surface area contributed by atoms with Gasteiger partial charge in [0.2, 0.25) is 0 Å². The number of hydrogen-bond donors (Lipinski definition) is 0. The first-order chi connectivity index (χ1) is 12.5. The van der Waals surface area contributed by atoms with Crippen LogP contribution < -0.4 is 0 Å². The average molecular weight is 388 g/mol. The van der Waals surface area contributed by atoms with Crippen LogP contribution in [0.4, 0.5) is 0 Å². The van der Waals surface area contributed by atoms with E-state index in [1.165, 1.54) is 0 Å². The summed E-state index contributed by atoms with van der Waals surface area (Å²) in [6, 6.07) is 11.9. The molecule has 0 spiro atoms. The summed E-state index contributed by atoms with van der Waals surface area (Å²) in [4.78, 5) is 6.34. The molecule has 0 saturated heterocycles. The van der Waals surface area contributed by atoms with Crippen molar-refractivity contribution in [3.8, 4) is 5.69 Å². The van der Waals surface area contributed by atoms with E-state index in [1.807, 2.05) is 50.6 Å². The molecule has 0 fully saturated rings. The third kappa shape index (κ3) is 4.09. The Bertz CT molecular complexity index is 848. The van der Waals surface area contributed by atoms with Crippen molar-refractivity contribution in [3.63, 3.8) is 0 Å². The lowest BCUT2D eigenvalue weighted by molar-refractivity contribution is 0.305. The van der Waals surface area contributed by atoms with E-state index in [4.69, 9.17) is 11.6 Å². The highest BCUT2D eigenvalue weighted by molar-refractivity contribution is 7.99. The molecule has 136 valence electrons. The molecule has 0 aliphatic carbocycles. The molecule has 0 bridgehead atoms. The standard InChI is InChI=1S/C19H22ClN5S/c1-13(24(3)4)18-22-23-19(25(18)17-9-7-16(20)8-10-17)26-14(2)15-6-5-11-21-12-15/h5-14H,1-4H3/t13-,14+/m0/s1. The summed E-state index contributed by atoms with van der Waals surface area (Å²) in [5.41, 5.74) is 2.16. The molecule has 2 heterocycles. The van der Waals surface area contributed by atoms with E-state index in [9.17, 15) is 0 Å². The molecule has 7 heteroatoms. The number of halogens is 1. The lowest BCUT2D eigenvalue weighted by Gasteiger charge is -2.21. The first-order valence-electron chi connectivity index (χ1n) is 8.41. The van der Waals surface area contributed by atoms with Crippen molar-refractivity contribution in [2.45, 2.75) is 30.3 Å². The molecule has 0 N–H and O–H groups in total. The zero-order chi connectivity index (χ0) is 18.7. The number of thioether (sulfide) groups is 1. The van der Waals surface area contributed by atoms with E-state index < -0.39 is 0 Å². The van der Waals surface area contributed by atoms with E-state index in [-0.39, 0.29) is 11.3 Å². The van der Waals surface area contributed by atoms with Gasteiger partial charge in [-0.25, -0.2) is 0 Å².